The number of hydrogen-bond acceptors (Lipinski definition) is 7. The number of nitriles is 1. The zero-order valence-corrected chi connectivity index (χ0v) is 20.6. The highest BCUT2D eigenvalue weighted by molar-refractivity contribution is 7.17. The van der Waals surface area contributed by atoms with E-state index in [9.17, 15) is 5.26 Å². The quantitative estimate of drug-likeness (QED) is 0.413. The molecule has 1 saturated heterocycles. The van der Waals surface area contributed by atoms with Gasteiger partial charge in [0.25, 0.3) is 0 Å². The number of rotatable bonds is 5. The Labute approximate surface area is 209 Å². The molecule has 0 spiro atoms. The van der Waals surface area contributed by atoms with E-state index in [0.29, 0.717) is 6.04 Å². The number of anilines is 1. The van der Waals surface area contributed by atoms with Gasteiger partial charge in [-0.15, -0.1) is 11.3 Å². The Hall–Kier alpha value is -3.25. The Morgan fingerprint density at radius 1 is 1.14 bits per heavy atom. The van der Waals surface area contributed by atoms with Crippen LogP contribution in [0.1, 0.15) is 36.1 Å². The van der Waals surface area contributed by atoms with E-state index in [-0.39, 0.29) is 6.10 Å². The third kappa shape index (κ3) is 4.31. The molecule has 2 aliphatic heterocycles. The van der Waals surface area contributed by atoms with Crippen LogP contribution in [-0.2, 0) is 11.2 Å². The Kier molecular flexibility index (Phi) is 5.98. The molecule has 0 N–H and O–H groups in total. The van der Waals surface area contributed by atoms with Crippen LogP contribution in [0, 0.1) is 11.3 Å². The van der Waals surface area contributed by atoms with Crippen molar-refractivity contribution in [3.05, 3.63) is 70.9 Å². The van der Waals surface area contributed by atoms with E-state index in [0.717, 1.165) is 56.9 Å². The number of piperazine rings is 1. The highest BCUT2D eigenvalue weighted by atomic mass is 32.1. The van der Waals surface area contributed by atoms with Crippen molar-refractivity contribution in [1.82, 2.24) is 19.9 Å². The second-order valence-corrected chi connectivity index (χ2v) is 10.3. The number of nitrogens with zero attached hydrogens (tertiary/aromatic N) is 6. The lowest BCUT2D eigenvalue weighted by atomic mass is 9.95. The van der Waals surface area contributed by atoms with E-state index in [1.165, 1.54) is 26.9 Å². The smallest absolute Gasteiger partial charge is 0.0992 e. The molecule has 2 atom stereocenters. The minimum Gasteiger partial charge on any atom is -0.373 e. The highest BCUT2D eigenvalue weighted by Crippen LogP contribution is 2.35. The number of thiophene rings is 1. The van der Waals surface area contributed by atoms with E-state index >= 15 is 0 Å². The van der Waals surface area contributed by atoms with Crippen LogP contribution < -0.4 is 4.90 Å². The molecule has 6 rings (SSSR count). The molecule has 0 bridgehead atoms. The molecule has 0 saturated carbocycles. The van der Waals surface area contributed by atoms with Crippen LogP contribution in [0.3, 0.4) is 0 Å². The summed E-state index contributed by atoms with van der Waals surface area (Å²) in [6.45, 7) is 7.17. The second-order valence-electron chi connectivity index (χ2n) is 9.37. The van der Waals surface area contributed by atoms with Crippen molar-refractivity contribution >= 4 is 27.1 Å². The molecular formula is C27H28N6OS. The molecule has 2 aliphatic rings. The van der Waals surface area contributed by atoms with Gasteiger partial charge in [0.1, 0.15) is 0 Å². The number of aromatic nitrogens is 3. The lowest BCUT2D eigenvalue weighted by Gasteiger charge is -2.41. The fourth-order valence-electron chi connectivity index (χ4n) is 5.39. The van der Waals surface area contributed by atoms with E-state index in [4.69, 9.17) is 4.74 Å². The number of ether oxygens (including phenoxy) is 1. The topological polar surface area (TPSA) is 70.2 Å². The predicted molar refractivity (Wildman–Crippen MR) is 138 cm³/mol. The van der Waals surface area contributed by atoms with Gasteiger partial charge < -0.3 is 9.64 Å². The van der Waals surface area contributed by atoms with Crippen LogP contribution in [0.15, 0.2) is 54.2 Å². The van der Waals surface area contributed by atoms with Gasteiger partial charge >= 0.3 is 0 Å². The summed E-state index contributed by atoms with van der Waals surface area (Å²) in [4.78, 5) is 6.77. The molecule has 0 aliphatic carbocycles. The third-order valence-corrected chi connectivity index (χ3v) is 8.21. The van der Waals surface area contributed by atoms with E-state index in [1.54, 1.807) is 28.5 Å². The van der Waals surface area contributed by atoms with Gasteiger partial charge in [0.05, 0.1) is 48.1 Å². The molecule has 0 amide bonds. The molecule has 1 fully saturated rings. The SMILES string of the molecule is C[C@@H]1CN(c2csc3cc(C#N)ccc23)CCN1CC[C@@H]1OCCc2cc(-n3nccn3)ccc21. The van der Waals surface area contributed by atoms with Crippen LogP contribution in [0.4, 0.5) is 5.69 Å². The van der Waals surface area contributed by atoms with Crippen molar-refractivity contribution < 1.29 is 4.74 Å². The normalized spacial score (nSPS) is 20.6. The zero-order valence-electron chi connectivity index (χ0n) is 19.8. The molecule has 4 aromatic rings. The fourth-order valence-corrected chi connectivity index (χ4v) is 6.40. The number of fused-ring (bicyclic) bond motifs is 2. The summed E-state index contributed by atoms with van der Waals surface area (Å²) in [6.07, 6.45) is 5.48. The van der Waals surface area contributed by atoms with Gasteiger partial charge in [-0.1, -0.05) is 12.1 Å². The minimum atomic E-state index is 0.138. The first-order valence-corrected chi connectivity index (χ1v) is 13.1. The Balaban J connectivity index is 1.10. The van der Waals surface area contributed by atoms with Crippen LogP contribution in [-0.4, -0.2) is 58.7 Å². The third-order valence-electron chi connectivity index (χ3n) is 7.28. The van der Waals surface area contributed by atoms with Crippen LogP contribution in [0.2, 0.25) is 0 Å². The van der Waals surface area contributed by atoms with Crippen LogP contribution in [0.5, 0.6) is 0 Å². The summed E-state index contributed by atoms with van der Waals surface area (Å²) >= 11 is 1.73. The summed E-state index contributed by atoms with van der Waals surface area (Å²) in [5.74, 6) is 0. The van der Waals surface area contributed by atoms with E-state index < -0.39 is 0 Å². The maximum absolute atomic E-state index is 9.19. The Bertz CT molecular complexity index is 1370. The largest absolute Gasteiger partial charge is 0.373 e. The summed E-state index contributed by atoms with van der Waals surface area (Å²) in [5, 5.41) is 21.2. The zero-order chi connectivity index (χ0) is 23.8. The lowest BCUT2D eigenvalue weighted by Crippen LogP contribution is -2.52. The van der Waals surface area contributed by atoms with Crippen LogP contribution >= 0.6 is 11.3 Å². The van der Waals surface area contributed by atoms with Crippen LogP contribution in [0.25, 0.3) is 15.8 Å². The molecule has 2 aromatic carbocycles. The van der Waals surface area contributed by atoms with Crippen molar-refractivity contribution in [2.45, 2.75) is 31.9 Å². The first kappa shape index (κ1) is 22.2. The standard InChI is InChI=1S/C27H28N6OS/c1-19-17-32(25-18-35-27-14-20(16-28)2-4-24(25)27)12-11-31(19)10-6-26-23-5-3-22(33-29-8-9-30-33)15-21(23)7-13-34-26/h2-5,8-9,14-15,18-19,26H,6-7,10-13,17H2,1H3/t19-,26+/m1/s1. The predicted octanol–water partition coefficient (Wildman–Crippen LogP) is 4.57. The molecule has 0 unspecified atom stereocenters. The monoisotopic (exact) mass is 484 g/mol. The molecule has 8 heteroatoms. The molecular weight excluding hydrogens is 456 g/mol. The van der Waals surface area contributed by atoms with Crippen molar-refractivity contribution in [3.63, 3.8) is 0 Å². The average Bonchev–Trinajstić information content (AvgIpc) is 3.58. The van der Waals surface area contributed by atoms with Gasteiger partial charge in [-0.3, -0.25) is 4.90 Å². The van der Waals surface area contributed by atoms with Crippen molar-refractivity contribution in [2.75, 3.05) is 37.7 Å². The fraction of sp³-hybridized carbons (Fsp3) is 0.370. The first-order valence-electron chi connectivity index (χ1n) is 12.2. The summed E-state index contributed by atoms with van der Waals surface area (Å²) < 4.78 is 7.40. The second kappa shape index (κ2) is 9.42. The molecule has 0 radical (unpaired) electrons. The van der Waals surface area contributed by atoms with Gasteiger partial charge in [0, 0.05) is 47.7 Å². The van der Waals surface area contributed by atoms with Gasteiger partial charge in [0.15, 0.2) is 0 Å². The van der Waals surface area contributed by atoms with E-state index in [1.807, 2.05) is 12.1 Å². The maximum Gasteiger partial charge on any atom is 0.0992 e. The first-order chi connectivity index (χ1) is 17.2. The van der Waals surface area contributed by atoms with Gasteiger partial charge in [-0.05, 0) is 55.2 Å². The summed E-state index contributed by atoms with van der Waals surface area (Å²) in [6, 6.07) is 15.2. The number of hydrogen-bond donors (Lipinski definition) is 0. The molecule has 2 aromatic heterocycles. The maximum atomic E-state index is 9.19. The average molecular weight is 485 g/mol. The van der Waals surface area contributed by atoms with Crippen molar-refractivity contribution in [2.24, 2.45) is 0 Å². The highest BCUT2D eigenvalue weighted by Gasteiger charge is 2.28. The summed E-state index contributed by atoms with van der Waals surface area (Å²) in [7, 11) is 0. The van der Waals surface area contributed by atoms with E-state index in [2.05, 4.69) is 62.6 Å². The van der Waals surface area contributed by atoms with Gasteiger partial charge in [-0.2, -0.15) is 20.3 Å². The Morgan fingerprint density at radius 2 is 2.03 bits per heavy atom. The lowest BCUT2D eigenvalue weighted by molar-refractivity contribution is 0.0255. The molecule has 178 valence electrons. The molecule has 7 nitrogen and oxygen atoms in total. The molecule has 4 heterocycles. The van der Waals surface area contributed by atoms with Crippen molar-refractivity contribution in [3.8, 4) is 11.8 Å². The number of benzene rings is 2. The van der Waals surface area contributed by atoms with Gasteiger partial charge in [0.2, 0.25) is 0 Å². The summed E-state index contributed by atoms with van der Waals surface area (Å²) in [5.41, 5.74) is 5.68. The molecule has 35 heavy (non-hydrogen) atoms. The van der Waals surface area contributed by atoms with Gasteiger partial charge in [-0.25, -0.2) is 0 Å². The van der Waals surface area contributed by atoms with Crippen molar-refractivity contribution in [1.29, 1.82) is 5.26 Å². The minimum absolute atomic E-state index is 0.138. The Morgan fingerprint density at radius 3 is 2.86 bits per heavy atom.